The third kappa shape index (κ3) is 8.78. The first-order valence-corrected chi connectivity index (χ1v) is 16.1. The van der Waals surface area contributed by atoms with Gasteiger partial charge in [-0.3, -0.25) is 0 Å². The molecule has 0 saturated heterocycles. The summed E-state index contributed by atoms with van der Waals surface area (Å²) in [6.07, 6.45) is 4.28. The molecule has 0 aromatic rings. The highest BCUT2D eigenvalue weighted by Gasteiger charge is 2.30. The van der Waals surface area contributed by atoms with E-state index < -0.39 is 0 Å². The van der Waals surface area contributed by atoms with Crippen molar-refractivity contribution in [3.05, 3.63) is 25.4 Å². The molecular weight excluding hydrogens is 513 g/mol. The molecule has 0 unspecified atom stereocenters. The summed E-state index contributed by atoms with van der Waals surface area (Å²) >= 11 is 14.8. The van der Waals surface area contributed by atoms with Gasteiger partial charge in [-0.1, -0.05) is 47.0 Å². The number of thioether (sulfide) groups is 8. The zero-order chi connectivity index (χ0) is 20.2. The van der Waals surface area contributed by atoms with Crippen LogP contribution in [0.1, 0.15) is 0 Å². The van der Waals surface area contributed by atoms with Crippen LogP contribution < -0.4 is 0 Å². The zero-order valence-electron chi connectivity index (χ0n) is 15.6. The summed E-state index contributed by atoms with van der Waals surface area (Å²) in [5.41, 5.74) is 0. The topological polar surface area (TPSA) is 58.9 Å². The summed E-state index contributed by atoms with van der Waals surface area (Å²) in [5, 5.41) is 17.6. The zero-order valence-corrected chi connectivity index (χ0v) is 22.2. The van der Waals surface area contributed by atoms with Crippen molar-refractivity contribution < 1.29 is 19.7 Å². The minimum absolute atomic E-state index is 0.0696. The average Bonchev–Trinajstić information content (AvgIpc) is 3.31. The van der Waals surface area contributed by atoms with Crippen molar-refractivity contribution >= 4 is 94.1 Å². The Bertz CT molecular complexity index is 547. The fourth-order valence-corrected chi connectivity index (χ4v) is 12.9. The minimum Gasteiger partial charge on any atom is -0.394 e. The molecule has 2 rings (SSSR count). The Morgan fingerprint density at radius 2 is 1.04 bits per heavy atom. The number of hydrogen-bond acceptors (Lipinski definition) is 12. The van der Waals surface area contributed by atoms with Crippen LogP contribution in [0.3, 0.4) is 0 Å². The Morgan fingerprint density at radius 3 is 1.39 bits per heavy atom. The molecule has 0 bridgehead atoms. The Kier molecular flexibility index (Phi) is 14.6. The summed E-state index contributed by atoms with van der Waals surface area (Å²) < 4.78 is 19.0. The first-order valence-electron chi connectivity index (χ1n) is 8.38. The second-order valence-electron chi connectivity index (χ2n) is 4.91. The summed E-state index contributed by atoms with van der Waals surface area (Å²) in [6.45, 7) is 2.21. The minimum atomic E-state index is 0.0696. The van der Waals surface area contributed by atoms with E-state index in [1.807, 2.05) is 94.1 Å². The molecule has 0 aromatic carbocycles. The van der Waals surface area contributed by atoms with Gasteiger partial charge in [0.25, 0.3) is 0 Å². The summed E-state index contributed by atoms with van der Waals surface area (Å²) in [7, 11) is 0. The van der Waals surface area contributed by atoms with Gasteiger partial charge in [0, 0.05) is 11.5 Å². The molecule has 4 nitrogen and oxygen atoms in total. The molecule has 2 heterocycles. The largest absolute Gasteiger partial charge is 0.394 e. The van der Waals surface area contributed by atoms with E-state index in [4.69, 9.17) is 19.7 Å². The van der Waals surface area contributed by atoms with Gasteiger partial charge in [-0.2, -0.15) is 0 Å². The highest BCUT2D eigenvalue weighted by Crippen LogP contribution is 2.65. The second kappa shape index (κ2) is 15.6. The second-order valence-corrected chi connectivity index (χ2v) is 14.4. The van der Waals surface area contributed by atoms with Crippen LogP contribution in [0.25, 0.3) is 0 Å². The van der Waals surface area contributed by atoms with E-state index >= 15 is 0 Å². The van der Waals surface area contributed by atoms with E-state index in [0.29, 0.717) is 26.4 Å². The third-order valence-corrected chi connectivity index (χ3v) is 14.2. The highest BCUT2D eigenvalue weighted by atomic mass is 32.3. The van der Waals surface area contributed by atoms with Crippen LogP contribution in [-0.2, 0) is 9.47 Å². The molecule has 160 valence electrons. The van der Waals surface area contributed by atoms with Crippen LogP contribution in [0.15, 0.2) is 25.4 Å². The van der Waals surface area contributed by atoms with Crippen molar-refractivity contribution in [3.63, 3.8) is 0 Å². The van der Waals surface area contributed by atoms with Crippen LogP contribution in [0.4, 0.5) is 0 Å². The molecule has 12 heteroatoms. The maximum absolute atomic E-state index is 8.82. The number of ether oxygens (including phenoxy) is 2. The van der Waals surface area contributed by atoms with Crippen LogP contribution >= 0.6 is 94.1 Å². The van der Waals surface area contributed by atoms with Gasteiger partial charge in [-0.15, -0.1) is 47.0 Å². The number of aliphatic hydroxyl groups excluding tert-OH is 2. The van der Waals surface area contributed by atoms with Crippen molar-refractivity contribution in [2.75, 3.05) is 63.7 Å². The highest BCUT2D eigenvalue weighted by molar-refractivity contribution is 8.45. The van der Waals surface area contributed by atoms with Crippen molar-refractivity contribution in [1.82, 2.24) is 0 Å². The van der Waals surface area contributed by atoms with E-state index in [1.54, 1.807) is 0 Å². The van der Waals surface area contributed by atoms with Crippen LogP contribution in [-0.4, -0.2) is 73.9 Å². The van der Waals surface area contributed by atoms with Gasteiger partial charge in [0.2, 0.25) is 0 Å². The van der Waals surface area contributed by atoms with Crippen LogP contribution in [0, 0.1) is 0 Å². The van der Waals surface area contributed by atoms with E-state index in [-0.39, 0.29) is 13.2 Å². The molecule has 2 N–H and O–H groups in total. The maximum Gasteiger partial charge on any atom is 0.0717 e. The molecule has 2 aliphatic heterocycles. The quantitative estimate of drug-likeness (QED) is 0.274. The molecule has 0 spiro atoms. The molecule has 2 aliphatic rings. The van der Waals surface area contributed by atoms with Gasteiger partial charge in [0.1, 0.15) is 0 Å². The van der Waals surface area contributed by atoms with E-state index in [1.165, 1.54) is 25.4 Å². The van der Waals surface area contributed by atoms with Crippen molar-refractivity contribution in [3.8, 4) is 0 Å². The van der Waals surface area contributed by atoms with Gasteiger partial charge in [-0.25, -0.2) is 0 Å². The van der Waals surface area contributed by atoms with Gasteiger partial charge in [-0.05, 0) is 12.5 Å². The number of rotatable bonds is 14. The van der Waals surface area contributed by atoms with Crippen molar-refractivity contribution in [2.45, 2.75) is 0 Å². The Balaban J connectivity index is 1.95. The van der Waals surface area contributed by atoms with Crippen molar-refractivity contribution in [2.24, 2.45) is 0 Å². The van der Waals surface area contributed by atoms with Crippen molar-refractivity contribution in [1.29, 1.82) is 0 Å². The predicted octanol–water partition coefficient (Wildman–Crippen LogP) is 5.54. The lowest BCUT2D eigenvalue weighted by Gasteiger charge is -2.06. The number of hydrogen-bond donors (Lipinski definition) is 2. The van der Waals surface area contributed by atoms with E-state index in [2.05, 4.69) is 12.5 Å². The monoisotopic (exact) mass is 536 g/mol. The molecule has 0 fully saturated rings. The SMILES string of the molecule is CSC1=C(SC)SC(=C2SC(SCCOCCO)=C(SCCOCCO)S2)S1. The molecule has 0 aliphatic carbocycles. The first kappa shape index (κ1) is 26.1. The van der Waals surface area contributed by atoms with Crippen LogP contribution in [0.2, 0.25) is 0 Å². The smallest absolute Gasteiger partial charge is 0.0717 e. The van der Waals surface area contributed by atoms with Crippen LogP contribution in [0.5, 0.6) is 0 Å². The molecule has 0 aromatic heterocycles. The Labute approximate surface area is 201 Å². The maximum atomic E-state index is 8.82. The lowest BCUT2D eigenvalue weighted by molar-refractivity contribution is 0.103. The van der Waals surface area contributed by atoms with Gasteiger partial charge >= 0.3 is 0 Å². The Morgan fingerprint density at radius 1 is 0.643 bits per heavy atom. The molecule has 28 heavy (non-hydrogen) atoms. The first-order chi connectivity index (χ1) is 13.7. The lowest BCUT2D eigenvalue weighted by Crippen LogP contribution is -2.02. The van der Waals surface area contributed by atoms with Gasteiger partial charge < -0.3 is 19.7 Å². The Hall–Kier alpha value is 1.86. The summed E-state index contributed by atoms with van der Waals surface area (Å²) in [4.78, 5) is 0. The third-order valence-electron chi connectivity index (χ3n) is 3.01. The molecule has 0 amide bonds. The van der Waals surface area contributed by atoms with Gasteiger partial charge in [0.15, 0.2) is 0 Å². The fraction of sp³-hybridized carbons (Fsp3) is 0.625. The lowest BCUT2D eigenvalue weighted by atomic mass is 10.7. The standard InChI is InChI=1S/C16H24O4S8/c1-21-11-12(22-2)26-15(25-11)16-27-13(23-9-7-19-5-3-17)14(28-16)24-10-8-20-6-4-18/h17-18H,3-10H2,1-2H3. The summed E-state index contributed by atoms with van der Waals surface area (Å²) in [6, 6.07) is 0. The average molecular weight is 537 g/mol. The fourth-order valence-electron chi connectivity index (χ4n) is 1.86. The summed E-state index contributed by atoms with van der Waals surface area (Å²) in [5.74, 6) is 1.75. The van der Waals surface area contributed by atoms with Gasteiger partial charge in [0.05, 0.1) is 65.1 Å². The predicted molar refractivity (Wildman–Crippen MR) is 139 cm³/mol. The molecule has 0 atom stereocenters. The molecule has 0 radical (unpaired) electrons. The molecular formula is C16H24O4S8. The number of aliphatic hydroxyl groups is 2. The molecule has 0 saturated carbocycles. The normalized spacial score (nSPS) is 17.6. The van der Waals surface area contributed by atoms with E-state index in [0.717, 1.165) is 11.5 Å². The van der Waals surface area contributed by atoms with E-state index in [9.17, 15) is 0 Å².